The average molecular weight is 290 g/mol. The zero-order valence-corrected chi connectivity index (χ0v) is 12.8. The SMILES string of the molecule is CC(C)(C)OC(=O)CN1C(=O)[C@H](N)CCc2ccccc21. The van der Waals surface area contributed by atoms with Gasteiger partial charge in [-0.15, -0.1) is 0 Å². The molecule has 5 nitrogen and oxygen atoms in total. The number of carbonyl (C=O) groups excluding carboxylic acids is 2. The minimum absolute atomic E-state index is 0.110. The van der Waals surface area contributed by atoms with Gasteiger partial charge in [0, 0.05) is 5.69 Å². The van der Waals surface area contributed by atoms with Crippen molar-refractivity contribution in [3.63, 3.8) is 0 Å². The topological polar surface area (TPSA) is 72.6 Å². The maximum absolute atomic E-state index is 12.4. The fourth-order valence-electron chi connectivity index (χ4n) is 2.40. The van der Waals surface area contributed by atoms with Crippen LogP contribution in [0.3, 0.4) is 0 Å². The predicted molar refractivity (Wildman–Crippen MR) is 80.9 cm³/mol. The molecule has 1 aromatic carbocycles. The Kier molecular flexibility index (Phi) is 4.32. The number of fused-ring (bicyclic) bond motifs is 1. The number of amides is 1. The fourth-order valence-corrected chi connectivity index (χ4v) is 2.40. The van der Waals surface area contributed by atoms with Crippen LogP contribution in [0.1, 0.15) is 32.8 Å². The number of para-hydroxylation sites is 1. The van der Waals surface area contributed by atoms with E-state index in [1.54, 1.807) is 20.8 Å². The zero-order chi connectivity index (χ0) is 15.6. The third-order valence-electron chi connectivity index (χ3n) is 3.30. The highest BCUT2D eigenvalue weighted by Gasteiger charge is 2.30. The highest BCUT2D eigenvalue weighted by Crippen LogP contribution is 2.26. The summed E-state index contributed by atoms with van der Waals surface area (Å²) in [5, 5.41) is 0. The number of carbonyl (C=O) groups is 2. The second-order valence-corrected chi connectivity index (χ2v) is 6.28. The van der Waals surface area contributed by atoms with Gasteiger partial charge >= 0.3 is 5.97 Å². The smallest absolute Gasteiger partial charge is 0.326 e. The number of ether oxygens (including phenoxy) is 1. The Bertz CT molecular complexity index is 549. The summed E-state index contributed by atoms with van der Waals surface area (Å²) < 4.78 is 5.31. The normalized spacial score (nSPS) is 19.0. The lowest BCUT2D eigenvalue weighted by Crippen LogP contribution is -2.46. The average Bonchev–Trinajstić information content (AvgIpc) is 2.49. The maximum atomic E-state index is 12.4. The van der Waals surface area contributed by atoms with E-state index in [4.69, 9.17) is 10.5 Å². The third-order valence-corrected chi connectivity index (χ3v) is 3.30. The predicted octanol–water partition coefficient (Wildman–Crippen LogP) is 1.63. The van der Waals surface area contributed by atoms with Crippen LogP contribution in [0.25, 0.3) is 0 Å². The molecule has 0 spiro atoms. The molecule has 1 aromatic rings. The number of aryl methyl sites for hydroxylation is 1. The molecular formula is C16H22N2O3. The lowest BCUT2D eigenvalue weighted by Gasteiger charge is -2.26. The van der Waals surface area contributed by atoms with Gasteiger partial charge in [0.05, 0.1) is 6.04 Å². The highest BCUT2D eigenvalue weighted by atomic mass is 16.6. The molecule has 0 aromatic heterocycles. The molecule has 0 saturated carbocycles. The molecule has 1 aliphatic rings. The fraction of sp³-hybridized carbons (Fsp3) is 0.500. The van der Waals surface area contributed by atoms with Crippen LogP contribution in [0.2, 0.25) is 0 Å². The Morgan fingerprint density at radius 2 is 2.05 bits per heavy atom. The van der Waals surface area contributed by atoms with Gasteiger partial charge in [-0.25, -0.2) is 0 Å². The number of esters is 1. The molecule has 0 bridgehead atoms. The summed E-state index contributed by atoms with van der Waals surface area (Å²) in [6.07, 6.45) is 1.31. The number of rotatable bonds is 2. The molecule has 1 amide bonds. The summed E-state index contributed by atoms with van der Waals surface area (Å²) in [4.78, 5) is 25.9. The molecule has 1 aliphatic heterocycles. The van der Waals surface area contributed by atoms with Crippen molar-refractivity contribution in [2.24, 2.45) is 5.73 Å². The monoisotopic (exact) mass is 290 g/mol. The van der Waals surface area contributed by atoms with Crippen LogP contribution in [0.5, 0.6) is 0 Å². The molecule has 1 heterocycles. The van der Waals surface area contributed by atoms with E-state index in [-0.39, 0.29) is 12.5 Å². The van der Waals surface area contributed by atoms with Crippen molar-refractivity contribution in [2.45, 2.75) is 45.3 Å². The third kappa shape index (κ3) is 3.82. The molecular weight excluding hydrogens is 268 g/mol. The zero-order valence-electron chi connectivity index (χ0n) is 12.8. The molecule has 2 rings (SSSR count). The Labute approximate surface area is 125 Å². The second kappa shape index (κ2) is 5.85. The van der Waals surface area contributed by atoms with Gasteiger partial charge in [-0.05, 0) is 45.2 Å². The van der Waals surface area contributed by atoms with Crippen LogP contribution >= 0.6 is 0 Å². The van der Waals surface area contributed by atoms with Gasteiger partial charge in [-0.2, -0.15) is 0 Å². The molecule has 2 N–H and O–H groups in total. The Balaban J connectivity index is 2.26. The van der Waals surface area contributed by atoms with Crippen LogP contribution < -0.4 is 10.6 Å². The molecule has 0 unspecified atom stereocenters. The van der Waals surface area contributed by atoms with E-state index in [1.807, 2.05) is 24.3 Å². The van der Waals surface area contributed by atoms with Gasteiger partial charge < -0.3 is 10.5 Å². The Hall–Kier alpha value is -1.88. The molecule has 0 fully saturated rings. The summed E-state index contributed by atoms with van der Waals surface area (Å²) in [5.74, 6) is -0.662. The van der Waals surface area contributed by atoms with Crippen LogP contribution in [-0.2, 0) is 20.7 Å². The maximum Gasteiger partial charge on any atom is 0.326 e. The van der Waals surface area contributed by atoms with Crippen LogP contribution in [0.15, 0.2) is 24.3 Å². The van der Waals surface area contributed by atoms with Crippen molar-refractivity contribution in [1.29, 1.82) is 0 Å². The second-order valence-electron chi connectivity index (χ2n) is 6.28. The molecule has 0 aliphatic carbocycles. The molecule has 0 saturated heterocycles. The Morgan fingerprint density at radius 3 is 2.71 bits per heavy atom. The lowest BCUT2D eigenvalue weighted by molar-refractivity contribution is -0.153. The Morgan fingerprint density at radius 1 is 1.38 bits per heavy atom. The first kappa shape index (κ1) is 15.5. The van der Waals surface area contributed by atoms with Gasteiger partial charge in [0.15, 0.2) is 0 Å². The molecule has 114 valence electrons. The van der Waals surface area contributed by atoms with E-state index in [2.05, 4.69) is 0 Å². The van der Waals surface area contributed by atoms with Crippen molar-refractivity contribution in [2.75, 3.05) is 11.4 Å². The van der Waals surface area contributed by atoms with Gasteiger partial charge in [0.25, 0.3) is 0 Å². The van der Waals surface area contributed by atoms with Crippen molar-refractivity contribution in [3.05, 3.63) is 29.8 Å². The van der Waals surface area contributed by atoms with E-state index in [0.717, 1.165) is 17.7 Å². The van der Waals surface area contributed by atoms with Crippen molar-refractivity contribution in [1.82, 2.24) is 0 Å². The van der Waals surface area contributed by atoms with E-state index in [1.165, 1.54) is 4.90 Å². The molecule has 1 atom stereocenters. The highest BCUT2D eigenvalue weighted by molar-refractivity contribution is 6.01. The summed E-state index contributed by atoms with van der Waals surface area (Å²) >= 11 is 0. The van der Waals surface area contributed by atoms with E-state index in [9.17, 15) is 9.59 Å². The molecule has 0 radical (unpaired) electrons. The minimum Gasteiger partial charge on any atom is -0.459 e. The minimum atomic E-state index is -0.583. The van der Waals surface area contributed by atoms with Crippen molar-refractivity contribution >= 4 is 17.6 Å². The summed E-state index contributed by atoms with van der Waals surface area (Å²) in [7, 11) is 0. The summed E-state index contributed by atoms with van der Waals surface area (Å²) in [6, 6.07) is 7.00. The van der Waals surface area contributed by atoms with Crippen LogP contribution in [0.4, 0.5) is 5.69 Å². The van der Waals surface area contributed by atoms with Gasteiger partial charge in [0.2, 0.25) is 5.91 Å². The number of hydrogen-bond acceptors (Lipinski definition) is 4. The molecule has 21 heavy (non-hydrogen) atoms. The van der Waals surface area contributed by atoms with Crippen LogP contribution in [-0.4, -0.2) is 30.1 Å². The standard InChI is InChI=1S/C16H22N2O3/c1-16(2,3)21-14(19)10-18-13-7-5-4-6-11(13)8-9-12(17)15(18)20/h4-7,12H,8-10,17H2,1-3H3/t12-/m1/s1. The summed E-state index contributed by atoms with van der Waals surface area (Å²) in [6.45, 7) is 5.29. The lowest BCUT2D eigenvalue weighted by atomic mass is 10.1. The van der Waals surface area contributed by atoms with Gasteiger partial charge in [-0.3, -0.25) is 14.5 Å². The van der Waals surface area contributed by atoms with E-state index >= 15 is 0 Å². The first-order chi connectivity index (χ1) is 9.78. The van der Waals surface area contributed by atoms with Gasteiger partial charge in [-0.1, -0.05) is 18.2 Å². The first-order valence-corrected chi connectivity index (χ1v) is 7.14. The van der Waals surface area contributed by atoms with Crippen molar-refractivity contribution in [3.8, 4) is 0 Å². The largest absolute Gasteiger partial charge is 0.459 e. The first-order valence-electron chi connectivity index (χ1n) is 7.14. The molecule has 5 heteroatoms. The van der Waals surface area contributed by atoms with Gasteiger partial charge in [0.1, 0.15) is 12.1 Å². The quantitative estimate of drug-likeness (QED) is 0.840. The number of nitrogens with two attached hydrogens (primary N) is 1. The number of nitrogens with zero attached hydrogens (tertiary/aromatic N) is 1. The number of benzene rings is 1. The number of anilines is 1. The van der Waals surface area contributed by atoms with Crippen LogP contribution in [0, 0.1) is 0 Å². The number of hydrogen-bond donors (Lipinski definition) is 1. The van der Waals surface area contributed by atoms with Crippen molar-refractivity contribution < 1.29 is 14.3 Å². The van der Waals surface area contributed by atoms with E-state index < -0.39 is 17.6 Å². The summed E-state index contributed by atoms with van der Waals surface area (Å²) in [5.41, 5.74) is 7.11. The van der Waals surface area contributed by atoms with E-state index in [0.29, 0.717) is 6.42 Å².